The van der Waals surface area contributed by atoms with E-state index >= 15 is 0 Å². The highest BCUT2D eigenvalue weighted by molar-refractivity contribution is 6.83. The van der Waals surface area contributed by atoms with Crippen LogP contribution in [0.25, 0.3) is 0 Å². The summed E-state index contributed by atoms with van der Waals surface area (Å²) in [6, 6.07) is -0.0265. The number of rotatable bonds is 2. The Kier molecular flexibility index (Phi) is 3.35. The van der Waals surface area contributed by atoms with E-state index in [2.05, 4.69) is 36.4 Å². The van der Waals surface area contributed by atoms with Crippen molar-refractivity contribution in [2.45, 2.75) is 32.1 Å². The molecule has 14 heavy (non-hydrogen) atoms. The van der Waals surface area contributed by atoms with Crippen molar-refractivity contribution in [3.8, 4) is 11.5 Å². The molecule has 2 atom stereocenters. The molecule has 78 valence electrons. The summed E-state index contributed by atoms with van der Waals surface area (Å²) in [5, 5.41) is 11.5. The Morgan fingerprint density at radius 2 is 2.14 bits per heavy atom. The summed E-state index contributed by atoms with van der Waals surface area (Å²) in [4.78, 5) is 11.1. The maximum atomic E-state index is 11.1. The molecule has 3 nitrogen and oxygen atoms in total. The van der Waals surface area contributed by atoms with Gasteiger partial charge in [-0.15, -0.1) is 5.54 Å². The summed E-state index contributed by atoms with van der Waals surface area (Å²) in [6.45, 7) is 6.56. The number of amides is 1. The molecule has 0 saturated carbocycles. The predicted octanol–water partition coefficient (Wildman–Crippen LogP) is 0.364. The van der Waals surface area contributed by atoms with Crippen LogP contribution in [-0.2, 0) is 4.79 Å². The molecule has 1 aliphatic rings. The summed E-state index contributed by atoms with van der Waals surface area (Å²) < 4.78 is 0. The number of nitrogens with one attached hydrogen (secondary N) is 1. The van der Waals surface area contributed by atoms with E-state index in [1.165, 1.54) is 0 Å². The van der Waals surface area contributed by atoms with Crippen LogP contribution in [0.2, 0.25) is 19.6 Å². The highest BCUT2D eigenvalue weighted by Crippen LogP contribution is 2.18. The van der Waals surface area contributed by atoms with Crippen LogP contribution in [0.5, 0.6) is 0 Å². The van der Waals surface area contributed by atoms with Crippen molar-refractivity contribution < 1.29 is 9.90 Å². The average Bonchev–Trinajstić information content (AvgIpc) is 2.06. The lowest BCUT2D eigenvalue weighted by molar-refractivity contribution is -0.133. The molecule has 0 radical (unpaired) electrons. The molecular weight excluding hydrogens is 194 g/mol. The van der Waals surface area contributed by atoms with Crippen molar-refractivity contribution in [1.82, 2.24) is 5.32 Å². The quantitative estimate of drug-likeness (QED) is 0.394. The number of hydrogen-bond donors (Lipinski definition) is 2. The number of aliphatic hydroxyl groups is 1. The lowest BCUT2D eigenvalue weighted by atomic mass is 9.88. The molecule has 4 heteroatoms. The van der Waals surface area contributed by atoms with Gasteiger partial charge < -0.3 is 10.4 Å². The molecule has 2 N–H and O–H groups in total. The van der Waals surface area contributed by atoms with E-state index in [1.807, 2.05) is 0 Å². The molecule has 0 aromatic carbocycles. The molecule has 1 amide bonds. The third-order valence-corrected chi connectivity index (χ3v) is 2.97. The highest BCUT2D eigenvalue weighted by atomic mass is 28.3. The van der Waals surface area contributed by atoms with E-state index in [0.29, 0.717) is 6.42 Å². The van der Waals surface area contributed by atoms with Crippen molar-refractivity contribution >= 4 is 14.0 Å². The minimum absolute atomic E-state index is 0.0222. The maximum Gasteiger partial charge on any atom is 0.227 e. The zero-order chi connectivity index (χ0) is 10.8. The first kappa shape index (κ1) is 11.3. The van der Waals surface area contributed by atoms with Crippen molar-refractivity contribution in [2.75, 3.05) is 6.61 Å². The number of β-lactam (4-membered cyclic amide) rings is 1. The molecule has 0 unspecified atom stereocenters. The molecule has 0 aromatic rings. The molecule has 1 aliphatic heterocycles. The van der Waals surface area contributed by atoms with Gasteiger partial charge in [-0.2, -0.15) is 0 Å². The second kappa shape index (κ2) is 4.16. The lowest BCUT2D eigenvalue weighted by Crippen LogP contribution is -2.57. The van der Waals surface area contributed by atoms with Crippen LogP contribution in [0.3, 0.4) is 0 Å². The van der Waals surface area contributed by atoms with Gasteiger partial charge >= 0.3 is 0 Å². The molecule has 0 aromatic heterocycles. The Morgan fingerprint density at radius 1 is 1.50 bits per heavy atom. The summed E-state index contributed by atoms with van der Waals surface area (Å²) in [5.74, 6) is 3.02. The van der Waals surface area contributed by atoms with Crippen LogP contribution in [-0.4, -0.2) is 31.7 Å². The fourth-order valence-corrected chi connectivity index (χ4v) is 1.87. The molecule has 1 heterocycles. The smallest absolute Gasteiger partial charge is 0.227 e. The van der Waals surface area contributed by atoms with Gasteiger partial charge in [-0.05, 0) is 6.42 Å². The summed E-state index contributed by atoms with van der Waals surface area (Å²) in [5.41, 5.74) is 3.23. The van der Waals surface area contributed by atoms with Crippen LogP contribution in [0.4, 0.5) is 0 Å². The molecule has 0 aliphatic carbocycles. The Bertz CT molecular complexity index is 285. The zero-order valence-electron chi connectivity index (χ0n) is 8.92. The normalized spacial score (nSPS) is 25.9. The minimum atomic E-state index is -1.35. The SMILES string of the molecule is C[Si](C)(C)C#C[C@H]1NC(=O)[C@H]1CCO. The van der Waals surface area contributed by atoms with Gasteiger partial charge in [0.25, 0.3) is 0 Å². The van der Waals surface area contributed by atoms with Crippen LogP contribution in [0, 0.1) is 17.4 Å². The molecule has 0 spiro atoms. The van der Waals surface area contributed by atoms with Gasteiger partial charge in [0.05, 0.1) is 5.92 Å². The van der Waals surface area contributed by atoms with E-state index in [9.17, 15) is 4.79 Å². The zero-order valence-corrected chi connectivity index (χ0v) is 9.92. The third-order valence-electron chi connectivity index (χ3n) is 2.08. The number of carbonyl (C=O) groups is 1. The lowest BCUT2D eigenvalue weighted by Gasteiger charge is -2.32. The van der Waals surface area contributed by atoms with Crippen molar-refractivity contribution in [3.63, 3.8) is 0 Å². The topological polar surface area (TPSA) is 49.3 Å². The Hall–Kier alpha value is -0.793. The van der Waals surface area contributed by atoms with Crippen LogP contribution < -0.4 is 5.32 Å². The van der Waals surface area contributed by atoms with Crippen LogP contribution in [0.15, 0.2) is 0 Å². The van der Waals surface area contributed by atoms with E-state index in [0.717, 1.165) is 0 Å². The van der Waals surface area contributed by atoms with Crippen LogP contribution >= 0.6 is 0 Å². The van der Waals surface area contributed by atoms with Gasteiger partial charge in [0.2, 0.25) is 5.91 Å². The van der Waals surface area contributed by atoms with E-state index < -0.39 is 8.07 Å². The maximum absolute atomic E-state index is 11.1. The summed E-state index contributed by atoms with van der Waals surface area (Å²) in [7, 11) is -1.35. The largest absolute Gasteiger partial charge is 0.396 e. The third kappa shape index (κ3) is 2.86. The molecule has 1 fully saturated rings. The minimum Gasteiger partial charge on any atom is -0.396 e. The first-order valence-corrected chi connectivity index (χ1v) is 8.38. The molecule has 1 rings (SSSR count). The van der Waals surface area contributed by atoms with Crippen molar-refractivity contribution in [2.24, 2.45) is 5.92 Å². The fraction of sp³-hybridized carbons (Fsp3) is 0.700. The molecular formula is C10H17NO2Si. The van der Waals surface area contributed by atoms with Gasteiger partial charge in [0.1, 0.15) is 14.1 Å². The Morgan fingerprint density at radius 3 is 2.57 bits per heavy atom. The summed E-state index contributed by atoms with van der Waals surface area (Å²) >= 11 is 0. The molecule has 1 saturated heterocycles. The number of aliphatic hydroxyl groups excluding tert-OH is 1. The van der Waals surface area contributed by atoms with Crippen molar-refractivity contribution in [3.05, 3.63) is 0 Å². The Balaban J connectivity index is 2.54. The highest BCUT2D eigenvalue weighted by Gasteiger charge is 2.37. The van der Waals surface area contributed by atoms with E-state index in [4.69, 9.17) is 5.11 Å². The monoisotopic (exact) mass is 211 g/mol. The number of hydrogen-bond acceptors (Lipinski definition) is 2. The first-order chi connectivity index (χ1) is 6.44. The average molecular weight is 211 g/mol. The standard InChI is InChI=1S/C10H17NO2Si/c1-14(2,3)7-5-9-8(4-6-12)10(13)11-9/h8-9,12H,4,6H2,1-3H3,(H,11,13)/t8-,9+/m0/s1. The van der Waals surface area contributed by atoms with Crippen molar-refractivity contribution in [1.29, 1.82) is 0 Å². The second-order valence-electron chi connectivity index (χ2n) is 4.62. The molecule has 0 bridgehead atoms. The van der Waals surface area contributed by atoms with Gasteiger partial charge in [0.15, 0.2) is 0 Å². The van der Waals surface area contributed by atoms with E-state index in [-0.39, 0.29) is 24.5 Å². The van der Waals surface area contributed by atoms with Gasteiger partial charge in [-0.1, -0.05) is 25.6 Å². The number of carbonyl (C=O) groups excluding carboxylic acids is 1. The van der Waals surface area contributed by atoms with Gasteiger partial charge in [-0.25, -0.2) is 0 Å². The fourth-order valence-electron chi connectivity index (χ4n) is 1.28. The predicted molar refractivity (Wildman–Crippen MR) is 58.2 cm³/mol. The second-order valence-corrected chi connectivity index (χ2v) is 9.37. The Labute approximate surface area is 85.9 Å². The summed E-state index contributed by atoms with van der Waals surface area (Å²) in [6.07, 6.45) is 0.525. The van der Waals surface area contributed by atoms with Gasteiger partial charge in [0, 0.05) is 6.61 Å². The van der Waals surface area contributed by atoms with E-state index in [1.54, 1.807) is 0 Å². The first-order valence-electron chi connectivity index (χ1n) is 4.88. The van der Waals surface area contributed by atoms with Crippen LogP contribution in [0.1, 0.15) is 6.42 Å². The van der Waals surface area contributed by atoms with Gasteiger partial charge in [-0.3, -0.25) is 4.79 Å².